The van der Waals surface area contributed by atoms with Crippen LogP contribution in [0.5, 0.6) is 0 Å². The maximum Gasteiger partial charge on any atom is 0.315 e. The molecule has 1 aromatic heterocycles. The number of pyridine rings is 1. The Bertz CT molecular complexity index is 1240. The molecule has 11 heteroatoms. The average molecular weight is 625 g/mol. The summed E-state index contributed by atoms with van der Waals surface area (Å²) in [6.07, 6.45) is 9.75. The molecule has 4 atom stereocenters. The van der Waals surface area contributed by atoms with Gasteiger partial charge in [0.2, 0.25) is 17.6 Å². The Hall–Kier alpha value is -3.50. The van der Waals surface area contributed by atoms with E-state index >= 15 is 0 Å². The Morgan fingerprint density at radius 1 is 1.04 bits per heavy atom. The maximum absolute atomic E-state index is 14.3. The number of nitrogens with one attached hydrogen (secondary N) is 3. The van der Waals surface area contributed by atoms with Gasteiger partial charge in [0.15, 0.2) is 0 Å². The molecule has 5 N–H and O–H groups in total. The SMILES string of the molecule is CC(C)[C@@H]1C[C@@H](C(=O)NC(CC2CC2)C(=O)C(N)=O)N(C(=O)[C@@H](NC(=O)NC2(Cc3ccccn3)CCCCC2)C(C)(C)C)C1. The van der Waals surface area contributed by atoms with E-state index in [1.54, 1.807) is 11.1 Å². The van der Waals surface area contributed by atoms with Crippen molar-refractivity contribution in [3.05, 3.63) is 30.1 Å². The molecule has 0 bridgehead atoms. The number of nitrogens with zero attached hydrogens (tertiary/aromatic N) is 2. The number of carbonyl (C=O) groups excluding carboxylic acids is 5. The summed E-state index contributed by atoms with van der Waals surface area (Å²) in [6.45, 7) is 10.1. The van der Waals surface area contributed by atoms with Gasteiger partial charge in [0.25, 0.3) is 5.91 Å². The lowest BCUT2D eigenvalue weighted by Crippen LogP contribution is -2.62. The number of hydrogen-bond donors (Lipinski definition) is 4. The molecule has 3 aliphatic rings. The molecule has 1 unspecified atom stereocenters. The van der Waals surface area contributed by atoms with Crippen LogP contribution in [0.25, 0.3) is 0 Å². The molecular formula is C34H52N6O5. The number of primary amides is 1. The molecule has 248 valence electrons. The van der Waals surface area contributed by atoms with Crippen molar-refractivity contribution in [1.82, 2.24) is 25.8 Å². The lowest BCUT2D eigenvalue weighted by Gasteiger charge is -2.40. The monoisotopic (exact) mass is 624 g/mol. The zero-order chi connectivity index (χ0) is 32.9. The second kappa shape index (κ2) is 14.3. The third-order valence-electron chi connectivity index (χ3n) is 9.83. The first-order valence-electron chi connectivity index (χ1n) is 16.6. The zero-order valence-electron chi connectivity index (χ0n) is 27.6. The Kier molecular flexibility index (Phi) is 10.9. The van der Waals surface area contributed by atoms with Crippen molar-refractivity contribution >= 4 is 29.5 Å². The van der Waals surface area contributed by atoms with Gasteiger partial charge in [0, 0.05) is 30.4 Å². The predicted octanol–water partition coefficient (Wildman–Crippen LogP) is 3.25. The summed E-state index contributed by atoms with van der Waals surface area (Å²) in [5, 5.41) is 9.00. The number of hydrogen-bond acceptors (Lipinski definition) is 6. The number of urea groups is 1. The summed E-state index contributed by atoms with van der Waals surface area (Å²) >= 11 is 0. The van der Waals surface area contributed by atoms with E-state index in [0.717, 1.165) is 50.6 Å². The van der Waals surface area contributed by atoms with Gasteiger partial charge in [-0.25, -0.2) is 4.79 Å². The molecule has 5 amide bonds. The van der Waals surface area contributed by atoms with E-state index in [1.807, 2.05) is 39.0 Å². The van der Waals surface area contributed by atoms with Gasteiger partial charge in [-0.1, -0.05) is 72.8 Å². The molecule has 1 saturated heterocycles. The Morgan fingerprint density at radius 3 is 2.29 bits per heavy atom. The number of amides is 5. The second-order valence-corrected chi connectivity index (χ2v) is 15.0. The number of ketones is 1. The molecule has 4 rings (SSSR count). The van der Waals surface area contributed by atoms with Gasteiger partial charge in [-0.3, -0.25) is 24.2 Å². The van der Waals surface area contributed by atoms with Gasteiger partial charge >= 0.3 is 6.03 Å². The van der Waals surface area contributed by atoms with E-state index in [-0.39, 0.29) is 23.7 Å². The van der Waals surface area contributed by atoms with Gasteiger partial charge in [-0.15, -0.1) is 0 Å². The van der Waals surface area contributed by atoms with Crippen LogP contribution in [0, 0.1) is 23.2 Å². The van der Waals surface area contributed by atoms with Crippen LogP contribution < -0.4 is 21.7 Å². The van der Waals surface area contributed by atoms with Crippen molar-refractivity contribution in [2.24, 2.45) is 28.9 Å². The number of carbonyl (C=O) groups is 5. The van der Waals surface area contributed by atoms with Crippen molar-refractivity contribution < 1.29 is 24.0 Å². The molecule has 0 aromatic carbocycles. The highest BCUT2D eigenvalue weighted by Crippen LogP contribution is 2.35. The standard InChI is InChI=1S/C34H52N6O5/c1-21(2)23-18-26(30(43)37-25(17-22-12-13-22)27(41)29(35)42)40(20-23)31(44)28(33(3,4)5)38-32(45)39-34(14-8-6-9-15-34)19-24-11-7-10-16-36-24/h7,10-11,16,21-23,25-26,28H,6,8-9,12-15,17-20H2,1-5H3,(H2,35,42)(H,37,43)(H2,38,39,45)/t23-,25?,26+,28-/m1/s1. The first-order chi connectivity index (χ1) is 21.2. The largest absolute Gasteiger partial charge is 0.363 e. The average Bonchev–Trinajstić information content (AvgIpc) is 3.68. The van der Waals surface area contributed by atoms with Crippen LogP contribution in [0.1, 0.15) is 98.1 Å². The number of nitrogens with two attached hydrogens (primary N) is 1. The fourth-order valence-corrected chi connectivity index (χ4v) is 6.85. The maximum atomic E-state index is 14.3. The van der Waals surface area contributed by atoms with Gasteiger partial charge < -0.3 is 26.6 Å². The molecule has 2 saturated carbocycles. The molecule has 1 aromatic rings. The van der Waals surface area contributed by atoms with Crippen molar-refractivity contribution in [2.75, 3.05) is 6.54 Å². The van der Waals surface area contributed by atoms with Crippen LogP contribution in [0.15, 0.2) is 24.4 Å². The lowest BCUT2D eigenvalue weighted by molar-refractivity contribution is -0.143. The van der Waals surface area contributed by atoms with Gasteiger partial charge in [-0.05, 0) is 61.0 Å². The molecule has 0 spiro atoms. The number of rotatable bonds is 12. The van der Waals surface area contributed by atoms with Crippen molar-refractivity contribution in [1.29, 1.82) is 0 Å². The summed E-state index contributed by atoms with van der Waals surface area (Å²) in [4.78, 5) is 72.1. The molecule has 45 heavy (non-hydrogen) atoms. The van der Waals surface area contributed by atoms with Crippen LogP contribution in [0.4, 0.5) is 4.79 Å². The Morgan fingerprint density at radius 2 is 1.73 bits per heavy atom. The number of Topliss-reactive ketones (excluding diaryl/α,β-unsaturated/α-hetero) is 1. The van der Waals surface area contributed by atoms with Gasteiger partial charge in [0.05, 0.1) is 6.04 Å². The van der Waals surface area contributed by atoms with Crippen LogP contribution in [0.3, 0.4) is 0 Å². The molecule has 2 heterocycles. The zero-order valence-corrected chi connectivity index (χ0v) is 27.6. The topological polar surface area (TPSA) is 164 Å². The van der Waals surface area contributed by atoms with E-state index in [1.165, 1.54) is 0 Å². The summed E-state index contributed by atoms with van der Waals surface area (Å²) < 4.78 is 0. The number of aromatic nitrogens is 1. The molecule has 1 aliphatic heterocycles. The molecule has 11 nitrogen and oxygen atoms in total. The first kappa shape index (κ1) is 34.4. The summed E-state index contributed by atoms with van der Waals surface area (Å²) in [7, 11) is 0. The van der Waals surface area contributed by atoms with Crippen LogP contribution in [-0.4, -0.2) is 69.6 Å². The van der Waals surface area contributed by atoms with Crippen molar-refractivity contribution in [2.45, 2.75) is 122 Å². The highest BCUT2D eigenvalue weighted by molar-refractivity contribution is 6.37. The van der Waals surface area contributed by atoms with Gasteiger partial charge in [-0.2, -0.15) is 0 Å². The van der Waals surface area contributed by atoms with Crippen LogP contribution in [-0.2, 0) is 25.6 Å². The normalized spacial score (nSPS) is 22.8. The lowest BCUT2D eigenvalue weighted by atomic mass is 9.78. The molecule has 3 fully saturated rings. The first-order valence-corrected chi connectivity index (χ1v) is 16.6. The second-order valence-electron chi connectivity index (χ2n) is 15.0. The fraction of sp³-hybridized carbons (Fsp3) is 0.706. The van der Waals surface area contributed by atoms with E-state index in [4.69, 9.17) is 5.73 Å². The minimum atomic E-state index is -1.08. The molecule has 2 aliphatic carbocycles. The minimum absolute atomic E-state index is 0.0525. The molecule has 0 radical (unpaired) electrons. The third kappa shape index (κ3) is 9.04. The smallest absolute Gasteiger partial charge is 0.315 e. The summed E-state index contributed by atoms with van der Waals surface area (Å²) in [5.74, 6) is -2.20. The van der Waals surface area contributed by atoms with Crippen LogP contribution in [0.2, 0.25) is 0 Å². The van der Waals surface area contributed by atoms with E-state index in [2.05, 4.69) is 34.8 Å². The fourth-order valence-electron chi connectivity index (χ4n) is 6.85. The number of likely N-dealkylation sites (tertiary alicyclic amines) is 1. The van der Waals surface area contributed by atoms with E-state index < -0.39 is 52.7 Å². The quantitative estimate of drug-likeness (QED) is 0.261. The van der Waals surface area contributed by atoms with E-state index in [0.29, 0.717) is 25.8 Å². The van der Waals surface area contributed by atoms with Gasteiger partial charge in [0.1, 0.15) is 12.1 Å². The van der Waals surface area contributed by atoms with E-state index in [9.17, 15) is 24.0 Å². The predicted molar refractivity (Wildman–Crippen MR) is 171 cm³/mol. The highest BCUT2D eigenvalue weighted by atomic mass is 16.2. The van der Waals surface area contributed by atoms with Crippen molar-refractivity contribution in [3.8, 4) is 0 Å². The highest BCUT2D eigenvalue weighted by Gasteiger charge is 2.47. The summed E-state index contributed by atoms with van der Waals surface area (Å²) in [5.41, 5.74) is 5.07. The summed E-state index contributed by atoms with van der Waals surface area (Å²) in [6, 6.07) is 2.60. The molecular weight excluding hydrogens is 572 g/mol. The Labute approximate surface area is 267 Å². The Balaban J connectivity index is 1.52. The minimum Gasteiger partial charge on any atom is -0.363 e. The van der Waals surface area contributed by atoms with Crippen molar-refractivity contribution in [3.63, 3.8) is 0 Å². The van der Waals surface area contributed by atoms with Crippen LogP contribution >= 0.6 is 0 Å². The third-order valence-corrected chi connectivity index (χ3v) is 9.83.